The number of nitrogens with zero attached hydrogens (tertiary/aromatic N) is 1. The van der Waals surface area contributed by atoms with Crippen molar-refractivity contribution < 1.29 is 0 Å². The molecule has 1 nitrogen and oxygen atoms in total. The van der Waals surface area contributed by atoms with Crippen molar-refractivity contribution in [2.45, 2.75) is 85.0 Å². The number of hydrogen-bond acceptors (Lipinski definition) is 1. The molecule has 1 aromatic carbocycles. The van der Waals surface area contributed by atoms with Crippen molar-refractivity contribution in [1.82, 2.24) is 4.98 Å². The Hall–Kier alpha value is -1.37. The summed E-state index contributed by atoms with van der Waals surface area (Å²) in [5.41, 5.74) is 8.68. The van der Waals surface area contributed by atoms with Crippen LogP contribution in [0.1, 0.15) is 82.3 Å². The van der Waals surface area contributed by atoms with Gasteiger partial charge in [0.2, 0.25) is 0 Å². The highest BCUT2D eigenvalue weighted by Crippen LogP contribution is 2.37. The van der Waals surface area contributed by atoms with Crippen LogP contribution in [0.25, 0.3) is 10.9 Å². The first-order chi connectivity index (χ1) is 10.6. The highest BCUT2D eigenvalue weighted by atomic mass is 14.7. The van der Waals surface area contributed by atoms with Crippen LogP contribution < -0.4 is 0 Å². The van der Waals surface area contributed by atoms with E-state index in [2.05, 4.69) is 60.6 Å². The van der Waals surface area contributed by atoms with Gasteiger partial charge in [-0.05, 0) is 72.4 Å². The average Bonchev–Trinajstić information content (AvgIpc) is 2.44. The number of rotatable bonds is 0. The predicted octanol–water partition coefficient (Wildman–Crippen LogP) is 6.02. The summed E-state index contributed by atoms with van der Waals surface area (Å²) in [7, 11) is 0. The molecule has 1 aromatic heterocycles. The van der Waals surface area contributed by atoms with Gasteiger partial charge in [-0.3, -0.25) is 4.98 Å². The van der Waals surface area contributed by atoms with Crippen LogP contribution >= 0.6 is 0 Å². The maximum absolute atomic E-state index is 5.13. The molecule has 1 aliphatic carbocycles. The van der Waals surface area contributed by atoms with Crippen LogP contribution in [0.5, 0.6) is 0 Å². The van der Waals surface area contributed by atoms with Crippen molar-refractivity contribution in [3.63, 3.8) is 0 Å². The third kappa shape index (κ3) is 2.91. The Morgan fingerprint density at radius 3 is 2.13 bits per heavy atom. The van der Waals surface area contributed by atoms with Crippen molar-refractivity contribution in [3.8, 4) is 0 Å². The second-order valence-corrected chi connectivity index (χ2v) is 9.30. The molecule has 0 aliphatic heterocycles. The molecular weight excluding hydrogens is 278 g/mol. The van der Waals surface area contributed by atoms with Crippen molar-refractivity contribution >= 4 is 10.9 Å². The maximum atomic E-state index is 5.13. The van der Waals surface area contributed by atoms with E-state index in [1.54, 1.807) is 11.1 Å². The van der Waals surface area contributed by atoms with Gasteiger partial charge in [-0.15, -0.1) is 0 Å². The molecule has 0 N–H and O–H groups in total. The summed E-state index contributed by atoms with van der Waals surface area (Å²) >= 11 is 0. The molecule has 0 bridgehead atoms. The minimum Gasteiger partial charge on any atom is -0.252 e. The van der Waals surface area contributed by atoms with Gasteiger partial charge in [-0.25, -0.2) is 0 Å². The van der Waals surface area contributed by atoms with E-state index in [1.165, 1.54) is 53.4 Å². The molecule has 0 fully saturated rings. The third-order valence-corrected chi connectivity index (χ3v) is 5.27. The van der Waals surface area contributed by atoms with Crippen LogP contribution in [0.3, 0.4) is 0 Å². The topological polar surface area (TPSA) is 12.9 Å². The second kappa shape index (κ2) is 5.33. The summed E-state index contributed by atoms with van der Waals surface area (Å²) in [6.07, 6.45) is 5.11. The molecule has 0 amide bonds. The van der Waals surface area contributed by atoms with E-state index < -0.39 is 0 Å². The number of pyridine rings is 1. The fourth-order valence-electron chi connectivity index (χ4n) is 3.83. The molecule has 0 saturated carbocycles. The fourth-order valence-corrected chi connectivity index (χ4v) is 3.83. The van der Waals surface area contributed by atoms with Crippen molar-refractivity contribution in [3.05, 3.63) is 40.1 Å². The molecule has 0 radical (unpaired) electrons. The molecule has 0 saturated heterocycles. The van der Waals surface area contributed by atoms with E-state index in [9.17, 15) is 0 Å². The lowest BCUT2D eigenvalue weighted by Crippen LogP contribution is -2.19. The van der Waals surface area contributed by atoms with Gasteiger partial charge in [0.05, 0.1) is 5.52 Å². The molecule has 0 unspecified atom stereocenters. The molecule has 1 aliphatic rings. The average molecular weight is 309 g/mol. The SMILES string of the molecule is Cc1c2c(cc3c(C(C)(C)C)cc(C(C)(C)C)nc13)CCCC2. The highest BCUT2D eigenvalue weighted by molar-refractivity contribution is 5.88. The van der Waals surface area contributed by atoms with E-state index in [-0.39, 0.29) is 10.8 Å². The first-order valence-corrected chi connectivity index (χ1v) is 9.06. The Kier molecular flexibility index (Phi) is 3.82. The lowest BCUT2D eigenvalue weighted by Gasteiger charge is -2.28. The predicted molar refractivity (Wildman–Crippen MR) is 101 cm³/mol. The Bertz CT molecular complexity index is 754. The van der Waals surface area contributed by atoms with Gasteiger partial charge in [-0.1, -0.05) is 41.5 Å². The van der Waals surface area contributed by atoms with Gasteiger partial charge in [-0.2, -0.15) is 0 Å². The Morgan fingerprint density at radius 1 is 0.870 bits per heavy atom. The zero-order valence-electron chi connectivity index (χ0n) is 15.9. The van der Waals surface area contributed by atoms with Crippen molar-refractivity contribution in [2.24, 2.45) is 0 Å². The van der Waals surface area contributed by atoms with Gasteiger partial charge >= 0.3 is 0 Å². The van der Waals surface area contributed by atoms with Crippen LogP contribution in [0.15, 0.2) is 12.1 Å². The molecule has 1 heteroatoms. The Labute approximate surface area is 141 Å². The molecular formula is C22H31N. The van der Waals surface area contributed by atoms with E-state index >= 15 is 0 Å². The molecule has 3 rings (SSSR count). The smallest absolute Gasteiger partial charge is 0.0740 e. The molecule has 1 heterocycles. The van der Waals surface area contributed by atoms with E-state index in [0.717, 1.165) is 0 Å². The van der Waals surface area contributed by atoms with Gasteiger partial charge in [0.15, 0.2) is 0 Å². The molecule has 0 atom stereocenters. The summed E-state index contributed by atoms with van der Waals surface area (Å²) < 4.78 is 0. The van der Waals surface area contributed by atoms with E-state index in [0.29, 0.717) is 0 Å². The van der Waals surface area contributed by atoms with Gasteiger partial charge in [0, 0.05) is 16.5 Å². The monoisotopic (exact) mass is 309 g/mol. The van der Waals surface area contributed by atoms with Crippen LogP contribution in [-0.2, 0) is 23.7 Å². The first-order valence-electron chi connectivity index (χ1n) is 9.06. The summed E-state index contributed by atoms with van der Waals surface area (Å²) in [6.45, 7) is 16.1. The molecule has 124 valence electrons. The van der Waals surface area contributed by atoms with Gasteiger partial charge in [0.25, 0.3) is 0 Å². The zero-order valence-corrected chi connectivity index (χ0v) is 15.9. The van der Waals surface area contributed by atoms with Gasteiger partial charge in [0.1, 0.15) is 0 Å². The zero-order chi connectivity index (χ0) is 17.0. The van der Waals surface area contributed by atoms with Crippen LogP contribution in [0.4, 0.5) is 0 Å². The van der Waals surface area contributed by atoms with Crippen molar-refractivity contribution in [1.29, 1.82) is 0 Å². The summed E-state index contributed by atoms with van der Waals surface area (Å²) in [5, 5.41) is 1.38. The lowest BCUT2D eigenvalue weighted by molar-refractivity contribution is 0.557. The third-order valence-electron chi connectivity index (χ3n) is 5.27. The summed E-state index contributed by atoms with van der Waals surface area (Å²) in [4.78, 5) is 5.13. The second-order valence-electron chi connectivity index (χ2n) is 9.30. The largest absolute Gasteiger partial charge is 0.252 e. The summed E-state index contributed by atoms with van der Waals surface area (Å²) in [5.74, 6) is 0. The first kappa shape index (κ1) is 16.5. The summed E-state index contributed by atoms with van der Waals surface area (Å²) in [6, 6.07) is 4.81. The number of aromatic nitrogens is 1. The molecule has 0 spiro atoms. The van der Waals surface area contributed by atoms with E-state index in [4.69, 9.17) is 4.98 Å². The molecule has 23 heavy (non-hydrogen) atoms. The number of aryl methyl sites for hydroxylation is 2. The normalized spacial score (nSPS) is 15.8. The number of hydrogen-bond donors (Lipinski definition) is 0. The van der Waals surface area contributed by atoms with E-state index in [1.807, 2.05) is 0 Å². The fraction of sp³-hybridized carbons (Fsp3) is 0.591. The Balaban J connectivity index is 2.41. The minimum atomic E-state index is 0.0799. The Morgan fingerprint density at radius 2 is 1.52 bits per heavy atom. The standard InChI is InChI=1S/C22H31N/c1-14-16-11-9-8-10-15(16)12-17-18(21(2,3)4)13-19(22(5,6)7)23-20(14)17/h12-13H,8-11H2,1-7H3. The number of fused-ring (bicyclic) bond motifs is 2. The maximum Gasteiger partial charge on any atom is 0.0740 e. The van der Waals surface area contributed by atoms with Crippen LogP contribution in [-0.4, -0.2) is 4.98 Å². The molecule has 2 aromatic rings. The lowest BCUT2D eigenvalue weighted by atomic mass is 9.79. The minimum absolute atomic E-state index is 0.0799. The quantitative estimate of drug-likeness (QED) is 0.580. The van der Waals surface area contributed by atoms with Crippen LogP contribution in [0.2, 0.25) is 0 Å². The highest BCUT2D eigenvalue weighted by Gasteiger charge is 2.25. The van der Waals surface area contributed by atoms with Crippen molar-refractivity contribution in [2.75, 3.05) is 0 Å². The van der Waals surface area contributed by atoms with Gasteiger partial charge < -0.3 is 0 Å². The number of benzene rings is 1. The van der Waals surface area contributed by atoms with Crippen LogP contribution in [0, 0.1) is 6.92 Å².